The zero-order valence-corrected chi connectivity index (χ0v) is 20.0. The molecule has 0 bridgehead atoms. The van der Waals surface area contributed by atoms with Crippen molar-refractivity contribution in [1.29, 1.82) is 0 Å². The number of aromatic nitrogens is 1. The first-order valence-corrected chi connectivity index (χ1v) is 12.7. The van der Waals surface area contributed by atoms with E-state index in [2.05, 4.69) is 35.2 Å². The average molecular weight is 472 g/mol. The summed E-state index contributed by atoms with van der Waals surface area (Å²) in [7, 11) is 0. The van der Waals surface area contributed by atoms with Gasteiger partial charge in [-0.05, 0) is 23.3 Å². The summed E-state index contributed by atoms with van der Waals surface area (Å²) in [6.45, 7) is 4.73. The Labute approximate surface area is 204 Å². The van der Waals surface area contributed by atoms with Gasteiger partial charge in [0.15, 0.2) is 5.13 Å². The van der Waals surface area contributed by atoms with E-state index in [-0.39, 0.29) is 11.8 Å². The summed E-state index contributed by atoms with van der Waals surface area (Å²) in [5.74, 6) is 0.0974. The van der Waals surface area contributed by atoms with E-state index < -0.39 is 0 Å². The molecule has 2 heterocycles. The van der Waals surface area contributed by atoms with Gasteiger partial charge in [0.1, 0.15) is 0 Å². The van der Waals surface area contributed by atoms with E-state index in [0.29, 0.717) is 13.0 Å². The van der Waals surface area contributed by atoms with Crippen molar-refractivity contribution in [2.45, 2.75) is 12.3 Å². The minimum atomic E-state index is -0.00448. The third-order valence-electron chi connectivity index (χ3n) is 6.34. The van der Waals surface area contributed by atoms with Crippen molar-refractivity contribution in [2.24, 2.45) is 0 Å². The lowest BCUT2D eigenvalue weighted by Gasteiger charge is -2.30. The highest BCUT2D eigenvalue weighted by molar-refractivity contribution is 7.22. The number of carbonyl (C=O) groups is 1. The molecule has 1 aromatic heterocycles. The number of ether oxygens (including phenoxy) is 1. The molecular formula is C28H29N3O2S. The van der Waals surface area contributed by atoms with Crippen LogP contribution in [0.25, 0.3) is 10.2 Å². The van der Waals surface area contributed by atoms with Gasteiger partial charge in [-0.15, -0.1) is 0 Å². The van der Waals surface area contributed by atoms with Gasteiger partial charge in [-0.25, -0.2) is 4.98 Å². The molecule has 5 nitrogen and oxygen atoms in total. The highest BCUT2D eigenvalue weighted by Crippen LogP contribution is 2.32. The zero-order chi connectivity index (χ0) is 23.2. The third kappa shape index (κ3) is 5.36. The normalized spacial score (nSPS) is 14.5. The standard InChI is InChI=1S/C28H29N3O2S/c32-27(21-24(22-9-3-1-4-10-22)23-11-5-2-6-12-23)31(16-15-30-17-19-33-20-18-30)28-29-25-13-7-8-14-26(25)34-28/h1-14,24H,15-21H2. The smallest absolute Gasteiger partial charge is 0.229 e. The summed E-state index contributed by atoms with van der Waals surface area (Å²) in [6, 6.07) is 28.7. The first-order valence-electron chi connectivity index (χ1n) is 11.8. The molecule has 0 spiro atoms. The molecule has 0 unspecified atom stereocenters. The van der Waals surface area contributed by atoms with Crippen LogP contribution >= 0.6 is 11.3 Å². The van der Waals surface area contributed by atoms with E-state index in [9.17, 15) is 4.79 Å². The van der Waals surface area contributed by atoms with Crippen molar-refractivity contribution in [1.82, 2.24) is 9.88 Å². The van der Waals surface area contributed by atoms with Crippen molar-refractivity contribution < 1.29 is 9.53 Å². The van der Waals surface area contributed by atoms with Gasteiger partial charge in [-0.3, -0.25) is 14.6 Å². The predicted molar refractivity (Wildman–Crippen MR) is 139 cm³/mol. The molecule has 0 saturated carbocycles. The van der Waals surface area contributed by atoms with Crippen LogP contribution < -0.4 is 4.90 Å². The summed E-state index contributed by atoms with van der Waals surface area (Å²) in [4.78, 5) is 23.0. The van der Waals surface area contributed by atoms with Gasteiger partial charge in [0, 0.05) is 38.5 Å². The fraction of sp³-hybridized carbons (Fsp3) is 0.286. The average Bonchev–Trinajstić information content (AvgIpc) is 3.33. The van der Waals surface area contributed by atoms with Crippen LogP contribution in [0, 0.1) is 0 Å². The maximum atomic E-state index is 13.9. The molecule has 1 fully saturated rings. The van der Waals surface area contributed by atoms with Crippen molar-refractivity contribution in [3.8, 4) is 0 Å². The fourth-order valence-corrected chi connectivity index (χ4v) is 5.46. The number of nitrogens with zero attached hydrogens (tertiary/aromatic N) is 3. The van der Waals surface area contributed by atoms with Gasteiger partial charge in [0.05, 0.1) is 23.4 Å². The van der Waals surface area contributed by atoms with Crippen LogP contribution in [0.3, 0.4) is 0 Å². The molecule has 34 heavy (non-hydrogen) atoms. The van der Waals surface area contributed by atoms with Crippen molar-refractivity contribution in [3.05, 3.63) is 96.1 Å². The number of para-hydroxylation sites is 1. The lowest BCUT2D eigenvalue weighted by Crippen LogP contribution is -2.43. The van der Waals surface area contributed by atoms with E-state index >= 15 is 0 Å². The fourth-order valence-electron chi connectivity index (χ4n) is 4.45. The summed E-state index contributed by atoms with van der Waals surface area (Å²) >= 11 is 1.59. The quantitative estimate of drug-likeness (QED) is 0.355. The number of fused-ring (bicyclic) bond motifs is 1. The van der Waals surface area contributed by atoms with Gasteiger partial charge in [0.25, 0.3) is 0 Å². The number of hydrogen-bond donors (Lipinski definition) is 0. The Hall–Kier alpha value is -3.06. The molecule has 3 aromatic carbocycles. The molecule has 0 aliphatic carbocycles. The van der Waals surface area contributed by atoms with Crippen molar-refractivity contribution >= 4 is 32.6 Å². The number of thiazole rings is 1. The predicted octanol–water partition coefficient (Wildman–Crippen LogP) is 5.18. The van der Waals surface area contributed by atoms with Crippen LogP contribution in [-0.2, 0) is 9.53 Å². The van der Waals surface area contributed by atoms with Gasteiger partial charge in [0.2, 0.25) is 5.91 Å². The molecule has 6 heteroatoms. The van der Waals surface area contributed by atoms with Crippen molar-refractivity contribution in [3.63, 3.8) is 0 Å². The highest BCUT2D eigenvalue weighted by atomic mass is 32.1. The van der Waals surface area contributed by atoms with E-state index in [1.807, 2.05) is 59.5 Å². The lowest BCUT2D eigenvalue weighted by molar-refractivity contribution is -0.118. The van der Waals surface area contributed by atoms with Crippen molar-refractivity contribution in [2.75, 3.05) is 44.3 Å². The Kier molecular flexibility index (Phi) is 7.29. The maximum absolute atomic E-state index is 13.9. The third-order valence-corrected chi connectivity index (χ3v) is 7.40. The number of morpholine rings is 1. The SMILES string of the molecule is O=C(CC(c1ccccc1)c1ccccc1)N(CCN1CCOCC1)c1nc2ccccc2s1. The Morgan fingerprint density at radius 2 is 1.53 bits per heavy atom. The van der Waals surface area contributed by atoms with Gasteiger partial charge in [-0.1, -0.05) is 84.1 Å². The number of rotatable bonds is 8. The monoisotopic (exact) mass is 471 g/mol. The van der Waals surface area contributed by atoms with Crippen LogP contribution in [0.4, 0.5) is 5.13 Å². The molecule has 1 amide bonds. The van der Waals surface area contributed by atoms with E-state index in [1.165, 1.54) is 0 Å². The zero-order valence-electron chi connectivity index (χ0n) is 19.2. The van der Waals surface area contributed by atoms with E-state index in [0.717, 1.165) is 59.3 Å². The second-order valence-corrected chi connectivity index (χ2v) is 9.55. The second kappa shape index (κ2) is 10.9. The maximum Gasteiger partial charge on any atom is 0.229 e. The Morgan fingerprint density at radius 3 is 2.18 bits per heavy atom. The van der Waals surface area contributed by atoms with E-state index in [4.69, 9.17) is 9.72 Å². The number of carbonyl (C=O) groups excluding carboxylic acids is 1. The number of amides is 1. The molecule has 0 N–H and O–H groups in total. The topological polar surface area (TPSA) is 45.7 Å². The van der Waals surface area contributed by atoms with Crippen LogP contribution in [0.5, 0.6) is 0 Å². The Balaban J connectivity index is 1.43. The molecule has 4 aromatic rings. The Morgan fingerprint density at radius 1 is 0.912 bits per heavy atom. The van der Waals surface area contributed by atoms with E-state index in [1.54, 1.807) is 11.3 Å². The summed E-state index contributed by atoms with van der Waals surface area (Å²) in [5, 5.41) is 0.777. The summed E-state index contributed by atoms with van der Waals surface area (Å²) < 4.78 is 6.60. The molecule has 1 aliphatic rings. The molecule has 1 saturated heterocycles. The molecule has 1 aliphatic heterocycles. The van der Waals surface area contributed by atoms with Crippen LogP contribution in [0.2, 0.25) is 0 Å². The van der Waals surface area contributed by atoms with Gasteiger partial charge in [-0.2, -0.15) is 0 Å². The largest absolute Gasteiger partial charge is 0.379 e. The molecule has 0 radical (unpaired) electrons. The number of hydrogen-bond acceptors (Lipinski definition) is 5. The van der Waals surface area contributed by atoms with Gasteiger partial charge >= 0.3 is 0 Å². The summed E-state index contributed by atoms with van der Waals surface area (Å²) in [5.41, 5.74) is 3.24. The van der Waals surface area contributed by atoms with Crippen LogP contribution in [-0.4, -0.2) is 55.2 Å². The Bertz CT molecular complexity index is 1130. The molecular weight excluding hydrogens is 442 g/mol. The molecule has 5 rings (SSSR count). The first-order chi connectivity index (χ1) is 16.8. The lowest BCUT2D eigenvalue weighted by atomic mass is 9.88. The highest BCUT2D eigenvalue weighted by Gasteiger charge is 2.26. The number of anilines is 1. The van der Waals surface area contributed by atoms with Crippen LogP contribution in [0.1, 0.15) is 23.5 Å². The number of benzene rings is 3. The first kappa shape index (κ1) is 22.7. The minimum Gasteiger partial charge on any atom is -0.379 e. The second-order valence-electron chi connectivity index (χ2n) is 8.54. The summed E-state index contributed by atoms with van der Waals surface area (Å²) in [6.07, 6.45) is 0.396. The minimum absolute atomic E-state index is 0.00448. The van der Waals surface area contributed by atoms with Crippen LogP contribution in [0.15, 0.2) is 84.9 Å². The van der Waals surface area contributed by atoms with Gasteiger partial charge < -0.3 is 4.74 Å². The molecule has 0 atom stereocenters. The molecule has 174 valence electrons.